The van der Waals surface area contributed by atoms with E-state index in [1.54, 1.807) is 6.07 Å². The molecule has 1 aromatic carbocycles. The highest BCUT2D eigenvalue weighted by atomic mass is 16.5. The molecule has 128 valence electrons. The molecular formula is C17H22N4O3. The number of rotatable bonds is 6. The molecule has 2 heterocycles. The number of nitrogens with zero attached hydrogens (tertiary/aromatic N) is 2. The van der Waals surface area contributed by atoms with E-state index in [0.717, 1.165) is 6.54 Å². The normalized spacial score (nSPS) is 20.9. The molecule has 7 nitrogen and oxygen atoms in total. The van der Waals surface area contributed by atoms with E-state index >= 15 is 0 Å². The Morgan fingerprint density at radius 2 is 2.12 bits per heavy atom. The number of likely N-dealkylation sites (tertiary alicyclic amines) is 1. The van der Waals surface area contributed by atoms with E-state index in [0.29, 0.717) is 31.7 Å². The topological polar surface area (TPSA) is 90.6 Å². The number of nitrogens with one attached hydrogen (secondary N) is 2. The number of urea groups is 1. The standard InChI is InChI=1S/C17H22N4O3/c22-16-8-15(21(12-16)11-13-4-2-1-3-5-13)10-19-17(23)18-9-14-6-7-24-20-14/h1-7,15-16,22H,8-12H2,(H2,18,19,23). The molecule has 3 rings (SSSR count). The lowest BCUT2D eigenvalue weighted by Gasteiger charge is -2.24. The molecule has 0 saturated carbocycles. The van der Waals surface area contributed by atoms with E-state index in [9.17, 15) is 9.90 Å². The first-order chi connectivity index (χ1) is 11.7. The van der Waals surface area contributed by atoms with Crippen molar-refractivity contribution in [1.29, 1.82) is 0 Å². The van der Waals surface area contributed by atoms with Crippen molar-refractivity contribution < 1.29 is 14.4 Å². The lowest BCUT2D eigenvalue weighted by Crippen LogP contribution is -2.43. The second-order valence-corrected chi connectivity index (χ2v) is 6.01. The molecule has 0 radical (unpaired) electrons. The Labute approximate surface area is 140 Å². The van der Waals surface area contributed by atoms with E-state index in [1.807, 2.05) is 18.2 Å². The minimum Gasteiger partial charge on any atom is -0.392 e. The van der Waals surface area contributed by atoms with Gasteiger partial charge in [-0.05, 0) is 12.0 Å². The Morgan fingerprint density at radius 3 is 2.88 bits per heavy atom. The zero-order valence-corrected chi connectivity index (χ0v) is 13.4. The lowest BCUT2D eigenvalue weighted by molar-refractivity contribution is 0.172. The second-order valence-electron chi connectivity index (χ2n) is 6.01. The van der Waals surface area contributed by atoms with E-state index < -0.39 is 0 Å². The first-order valence-electron chi connectivity index (χ1n) is 8.07. The van der Waals surface area contributed by atoms with Gasteiger partial charge in [0.15, 0.2) is 0 Å². The van der Waals surface area contributed by atoms with Crippen LogP contribution in [-0.4, -0.2) is 46.4 Å². The molecule has 2 atom stereocenters. The van der Waals surface area contributed by atoms with Gasteiger partial charge in [-0.25, -0.2) is 4.79 Å². The van der Waals surface area contributed by atoms with Crippen molar-refractivity contribution in [1.82, 2.24) is 20.7 Å². The highest BCUT2D eigenvalue weighted by molar-refractivity contribution is 5.73. The van der Waals surface area contributed by atoms with Crippen LogP contribution in [-0.2, 0) is 13.1 Å². The molecule has 1 fully saturated rings. The average molecular weight is 330 g/mol. The van der Waals surface area contributed by atoms with Crippen LogP contribution < -0.4 is 10.6 Å². The number of carbonyl (C=O) groups excluding carboxylic acids is 1. The van der Waals surface area contributed by atoms with Crippen molar-refractivity contribution in [3.05, 3.63) is 53.9 Å². The minimum absolute atomic E-state index is 0.123. The zero-order valence-electron chi connectivity index (χ0n) is 13.4. The third-order valence-corrected chi connectivity index (χ3v) is 4.15. The van der Waals surface area contributed by atoms with Crippen LogP contribution in [0.1, 0.15) is 17.7 Å². The van der Waals surface area contributed by atoms with Gasteiger partial charge in [0, 0.05) is 31.7 Å². The smallest absolute Gasteiger partial charge is 0.315 e. The van der Waals surface area contributed by atoms with Crippen LogP contribution in [0.3, 0.4) is 0 Å². The number of benzene rings is 1. The van der Waals surface area contributed by atoms with E-state index in [2.05, 4.69) is 32.8 Å². The molecular weight excluding hydrogens is 308 g/mol. The quantitative estimate of drug-likeness (QED) is 0.738. The molecule has 3 N–H and O–H groups in total. The summed E-state index contributed by atoms with van der Waals surface area (Å²) in [5.74, 6) is 0. The van der Waals surface area contributed by atoms with E-state index in [1.165, 1.54) is 11.8 Å². The average Bonchev–Trinajstić information content (AvgIpc) is 3.22. The van der Waals surface area contributed by atoms with E-state index in [4.69, 9.17) is 4.52 Å². The lowest BCUT2D eigenvalue weighted by atomic mass is 10.1. The van der Waals surface area contributed by atoms with Crippen LogP contribution in [0, 0.1) is 0 Å². The molecule has 7 heteroatoms. The van der Waals surface area contributed by atoms with Crippen molar-refractivity contribution in [2.24, 2.45) is 0 Å². The van der Waals surface area contributed by atoms with Crippen molar-refractivity contribution >= 4 is 6.03 Å². The Balaban J connectivity index is 1.46. The Morgan fingerprint density at radius 1 is 1.29 bits per heavy atom. The summed E-state index contributed by atoms with van der Waals surface area (Å²) >= 11 is 0. The van der Waals surface area contributed by atoms with Crippen molar-refractivity contribution in [2.75, 3.05) is 13.1 Å². The molecule has 2 amide bonds. The summed E-state index contributed by atoms with van der Waals surface area (Å²) in [6, 6.07) is 11.7. The molecule has 1 aliphatic heterocycles. The highest BCUT2D eigenvalue weighted by Gasteiger charge is 2.30. The van der Waals surface area contributed by atoms with Gasteiger partial charge >= 0.3 is 6.03 Å². The molecule has 0 bridgehead atoms. The molecule has 24 heavy (non-hydrogen) atoms. The van der Waals surface area contributed by atoms with Gasteiger partial charge in [0.05, 0.1) is 12.6 Å². The first-order valence-corrected chi connectivity index (χ1v) is 8.07. The van der Waals surface area contributed by atoms with Crippen LogP contribution in [0.4, 0.5) is 4.79 Å². The molecule has 1 aliphatic rings. The maximum Gasteiger partial charge on any atom is 0.315 e. The fourth-order valence-electron chi connectivity index (χ4n) is 2.95. The van der Waals surface area contributed by atoms with Crippen LogP contribution in [0.2, 0.25) is 0 Å². The molecule has 2 unspecified atom stereocenters. The fourth-order valence-corrected chi connectivity index (χ4v) is 2.95. The summed E-state index contributed by atoms with van der Waals surface area (Å²) in [5, 5.41) is 19.3. The monoisotopic (exact) mass is 330 g/mol. The Hall–Kier alpha value is -2.38. The maximum absolute atomic E-state index is 11.9. The fraction of sp³-hybridized carbons (Fsp3) is 0.412. The molecule has 1 aromatic heterocycles. The van der Waals surface area contributed by atoms with Gasteiger partial charge in [-0.1, -0.05) is 35.5 Å². The van der Waals surface area contributed by atoms with Gasteiger partial charge in [-0.15, -0.1) is 0 Å². The summed E-state index contributed by atoms with van der Waals surface area (Å²) in [6.45, 7) is 2.21. The van der Waals surface area contributed by atoms with Crippen molar-refractivity contribution in [3.8, 4) is 0 Å². The molecule has 2 aromatic rings. The van der Waals surface area contributed by atoms with Crippen LogP contribution >= 0.6 is 0 Å². The summed E-state index contributed by atoms with van der Waals surface area (Å²) in [5.41, 5.74) is 1.87. The second kappa shape index (κ2) is 7.94. The van der Waals surface area contributed by atoms with E-state index in [-0.39, 0.29) is 18.2 Å². The number of hydrogen-bond donors (Lipinski definition) is 3. The van der Waals surface area contributed by atoms with Gasteiger partial charge in [-0.2, -0.15) is 0 Å². The predicted molar refractivity (Wildman–Crippen MR) is 88.0 cm³/mol. The molecule has 1 saturated heterocycles. The number of hydrogen-bond acceptors (Lipinski definition) is 5. The van der Waals surface area contributed by atoms with Crippen LogP contribution in [0.25, 0.3) is 0 Å². The number of aliphatic hydroxyl groups excluding tert-OH is 1. The third-order valence-electron chi connectivity index (χ3n) is 4.15. The third kappa shape index (κ3) is 4.56. The number of β-amino-alcohol motifs (C(OH)–C–C–N with tert-alkyl or cyclic N) is 1. The molecule has 0 aliphatic carbocycles. The summed E-state index contributed by atoms with van der Waals surface area (Å²) in [6.07, 6.45) is 1.78. The predicted octanol–water partition coefficient (Wildman–Crippen LogP) is 1.11. The Bertz CT molecular complexity index is 633. The molecule has 0 spiro atoms. The van der Waals surface area contributed by atoms with Gasteiger partial charge in [-0.3, -0.25) is 4.90 Å². The number of carbonyl (C=O) groups is 1. The van der Waals surface area contributed by atoms with Crippen LogP contribution in [0.15, 0.2) is 47.2 Å². The zero-order chi connectivity index (χ0) is 16.8. The van der Waals surface area contributed by atoms with Gasteiger partial charge in [0.2, 0.25) is 0 Å². The number of amides is 2. The Kier molecular flexibility index (Phi) is 5.45. The van der Waals surface area contributed by atoms with Crippen LogP contribution in [0.5, 0.6) is 0 Å². The van der Waals surface area contributed by atoms with Gasteiger partial charge in [0.1, 0.15) is 12.0 Å². The largest absolute Gasteiger partial charge is 0.392 e. The highest BCUT2D eigenvalue weighted by Crippen LogP contribution is 2.20. The minimum atomic E-state index is -0.348. The summed E-state index contributed by atoms with van der Waals surface area (Å²) in [7, 11) is 0. The van der Waals surface area contributed by atoms with Gasteiger partial charge in [0.25, 0.3) is 0 Å². The number of aliphatic hydroxyl groups is 1. The first kappa shape index (κ1) is 16.5. The van der Waals surface area contributed by atoms with Gasteiger partial charge < -0.3 is 20.3 Å². The van der Waals surface area contributed by atoms with Crippen molar-refractivity contribution in [3.63, 3.8) is 0 Å². The number of aromatic nitrogens is 1. The summed E-state index contributed by atoms with van der Waals surface area (Å²) in [4.78, 5) is 14.1. The maximum atomic E-state index is 11.9. The van der Waals surface area contributed by atoms with Crippen molar-refractivity contribution in [2.45, 2.75) is 31.7 Å². The summed E-state index contributed by atoms with van der Waals surface area (Å²) < 4.78 is 4.71. The SMILES string of the molecule is O=C(NCc1ccon1)NCC1CC(O)CN1Cc1ccccc1.